The molecule has 4 N–H and O–H groups in total. The molecule has 160 valence electrons. The number of H-pyrrole nitrogens is 1. The molecule has 10 heteroatoms. The summed E-state index contributed by atoms with van der Waals surface area (Å²) in [6.07, 6.45) is 2.79. The van der Waals surface area contributed by atoms with Crippen molar-refractivity contribution in [1.29, 1.82) is 0 Å². The summed E-state index contributed by atoms with van der Waals surface area (Å²) < 4.78 is 5.33. The third kappa shape index (κ3) is 4.32. The van der Waals surface area contributed by atoms with E-state index in [1.807, 2.05) is 13.8 Å². The van der Waals surface area contributed by atoms with Crippen molar-refractivity contribution in [1.82, 2.24) is 25.6 Å². The van der Waals surface area contributed by atoms with E-state index in [-0.39, 0.29) is 30.7 Å². The van der Waals surface area contributed by atoms with E-state index in [1.165, 1.54) is 12.5 Å². The Morgan fingerprint density at radius 1 is 1.19 bits per heavy atom. The largest absolute Gasteiger partial charge is 0.482 e. The minimum Gasteiger partial charge on any atom is -0.482 e. The number of fused-ring (bicyclic) bond motifs is 2. The topological polar surface area (TPSA) is 138 Å². The molecule has 3 aromatic rings. The molecule has 2 aromatic heterocycles. The Hall–Kier alpha value is -3.95. The smallest absolute Gasteiger partial charge is 0.272 e. The van der Waals surface area contributed by atoms with E-state index in [9.17, 15) is 14.4 Å². The minimum absolute atomic E-state index is 0.0135. The number of ether oxygens (including phenoxy) is 1. The summed E-state index contributed by atoms with van der Waals surface area (Å²) in [7, 11) is 0. The van der Waals surface area contributed by atoms with Crippen LogP contribution in [0.2, 0.25) is 0 Å². The fourth-order valence-corrected chi connectivity index (χ4v) is 3.18. The summed E-state index contributed by atoms with van der Waals surface area (Å²) in [6, 6.07) is 5.29. The third-order valence-electron chi connectivity index (χ3n) is 4.72. The normalized spacial score (nSPS) is 12.8. The fraction of sp³-hybridized carbons (Fsp3) is 0.286. The number of aromatic amines is 1. The average molecular weight is 422 g/mol. The lowest BCUT2D eigenvalue weighted by Crippen LogP contribution is -2.27. The zero-order valence-corrected chi connectivity index (χ0v) is 17.1. The first-order valence-electron chi connectivity index (χ1n) is 9.86. The van der Waals surface area contributed by atoms with Gasteiger partial charge in [0.2, 0.25) is 0 Å². The Kier molecular flexibility index (Phi) is 5.52. The number of benzene rings is 1. The molecule has 0 unspecified atom stereocenters. The summed E-state index contributed by atoms with van der Waals surface area (Å²) >= 11 is 0. The van der Waals surface area contributed by atoms with E-state index >= 15 is 0 Å². The van der Waals surface area contributed by atoms with Crippen LogP contribution in [0.3, 0.4) is 0 Å². The maximum atomic E-state index is 12.8. The second kappa shape index (κ2) is 8.42. The van der Waals surface area contributed by atoms with Gasteiger partial charge in [-0.2, -0.15) is 0 Å². The number of carbonyl (C=O) groups is 3. The molecular formula is C21H22N6O4. The number of carbonyl (C=O) groups excluding carboxylic acids is 3. The Balaban J connectivity index is 1.49. The van der Waals surface area contributed by atoms with Gasteiger partial charge in [0.15, 0.2) is 12.3 Å². The van der Waals surface area contributed by atoms with E-state index in [0.29, 0.717) is 40.5 Å². The second-order valence-electron chi connectivity index (χ2n) is 7.60. The quantitative estimate of drug-likeness (QED) is 0.476. The zero-order chi connectivity index (χ0) is 22.0. The van der Waals surface area contributed by atoms with E-state index in [2.05, 4.69) is 30.9 Å². The number of amides is 3. The standard InChI is InChI=1S/C21H22N6O4/c1-11(2)6-23-20(29)13-8-22-18-17(13)25-10-26-19(18)21(30)24-7-12-3-4-15-14(5-12)27-16(28)9-31-15/h3-5,8,10-11,22H,6-7,9H2,1-2H3,(H,23,29)(H,24,30)(H,27,28). The molecule has 3 amide bonds. The van der Waals surface area contributed by atoms with Gasteiger partial charge in [0, 0.05) is 19.3 Å². The molecule has 1 aromatic carbocycles. The Labute approximate surface area is 177 Å². The van der Waals surface area contributed by atoms with Gasteiger partial charge in [0.1, 0.15) is 17.6 Å². The van der Waals surface area contributed by atoms with Gasteiger partial charge < -0.3 is 25.7 Å². The van der Waals surface area contributed by atoms with Gasteiger partial charge in [-0.1, -0.05) is 19.9 Å². The number of hydrogen-bond acceptors (Lipinski definition) is 6. The summed E-state index contributed by atoms with van der Waals surface area (Å²) in [5.74, 6) is -0.00258. The highest BCUT2D eigenvalue weighted by molar-refractivity contribution is 6.10. The van der Waals surface area contributed by atoms with Crippen LogP contribution in [0.25, 0.3) is 11.0 Å². The molecule has 0 bridgehead atoms. The van der Waals surface area contributed by atoms with Crippen molar-refractivity contribution in [2.24, 2.45) is 5.92 Å². The lowest BCUT2D eigenvalue weighted by molar-refractivity contribution is -0.118. The number of nitrogens with one attached hydrogen (secondary N) is 4. The van der Waals surface area contributed by atoms with Crippen LogP contribution in [-0.4, -0.2) is 45.8 Å². The van der Waals surface area contributed by atoms with Crippen molar-refractivity contribution < 1.29 is 19.1 Å². The number of aromatic nitrogens is 3. The molecule has 0 fully saturated rings. The van der Waals surface area contributed by atoms with Crippen molar-refractivity contribution in [3.05, 3.63) is 47.5 Å². The zero-order valence-electron chi connectivity index (χ0n) is 17.1. The predicted octanol–water partition coefficient (Wildman–Crippen LogP) is 1.60. The highest BCUT2D eigenvalue weighted by Gasteiger charge is 2.20. The van der Waals surface area contributed by atoms with Crippen LogP contribution in [0, 0.1) is 5.92 Å². The number of anilines is 1. The Bertz CT molecular complexity index is 1170. The maximum absolute atomic E-state index is 12.8. The molecular weight excluding hydrogens is 400 g/mol. The van der Waals surface area contributed by atoms with Gasteiger partial charge in [0.25, 0.3) is 17.7 Å². The molecule has 1 aliphatic rings. The number of hydrogen-bond donors (Lipinski definition) is 4. The van der Waals surface area contributed by atoms with Crippen molar-refractivity contribution in [3.63, 3.8) is 0 Å². The first kappa shape index (κ1) is 20.3. The Morgan fingerprint density at radius 2 is 2.03 bits per heavy atom. The molecule has 0 aliphatic carbocycles. The van der Waals surface area contributed by atoms with Crippen molar-refractivity contribution in [3.8, 4) is 5.75 Å². The van der Waals surface area contributed by atoms with Crippen molar-refractivity contribution in [2.45, 2.75) is 20.4 Å². The number of rotatable bonds is 6. The van der Waals surface area contributed by atoms with Gasteiger partial charge in [-0.25, -0.2) is 9.97 Å². The average Bonchev–Trinajstić information content (AvgIpc) is 3.19. The van der Waals surface area contributed by atoms with Gasteiger partial charge in [-0.15, -0.1) is 0 Å². The molecule has 0 radical (unpaired) electrons. The van der Waals surface area contributed by atoms with Gasteiger partial charge >= 0.3 is 0 Å². The van der Waals surface area contributed by atoms with Crippen LogP contribution in [0.1, 0.15) is 40.3 Å². The second-order valence-corrected chi connectivity index (χ2v) is 7.60. The first-order chi connectivity index (χ1) is 14.9. The number of nitrogens with zero attached hydrogens (tertiary/aromatic N) is 2. The monoisotopic (exact) mass is 422 g/mol. The van der Waals surface area contributed by atoms with Crippen LogP contribution in [0.5, 0.6) is 5.75 Å². The molecule has 10 nitrogen and oxygen atoms in total. The molecule has 1 aliphatic heterocycles. The van der Waals surface area contributed by atoms with Crippen LogP contribution < -0.4 is 20.7 Å². The van der Waals surface area contributed by atoms with Crippen LogP contribution in [0.4, 0.5) is 5.69 Å². The van der Waals surface area contributed by atoms with E-state index < -0.39 is 5.91 Å². The molecule has 0 spiro atoms. The minimum atomic E-state index is -0.415. The van der Waals surface area contributed by atoms with Crippen LogP contribution in [0.15, 0.2) is 30.7 Å². The first-order valence-corrected chi connectivity index (χ1v) is 9.86. The molecule has 0 atom stereocenters. The Morgan fingerprint density at radius 3 is 2.84 bits per heavy atom. The highest BCUT2D eigenvalue weighted by Crippen LogP contribution is 2.28. The predicted molar refractivity (Wildman–Crippen MR) is 113 cm³/mol. The van der Waals surface area contributed by atoms with Crippen molar-refractivity contribution >= 4 is 34.4 Å². The highest BCUT2D eigenvalue weighted by atomic mass is 16.5. The summed E-state index contributed by atoms with van der Waals surface area (Å²) in [6.45, 7) is 4.75. The fourth-order valence-electron chi connectivity index (χ4n) is 3.18. The lowest BCUT2D eigenvalue weighted by Gasteiger charge is -2.18. The van der Waals surface area contributed by atoms with Crippen LogP contribution >= 0.6 is 0 Å². The van der Waals surface area contributed by atoms with E-state index in [1.54, 1.807) is 18.2 Å². The van der Waals surface area contributed by atoms with E-state index in [4.69, 9.17) is 4.74 Å². The van der Waals surface area contributed by atoms with Crippen LogP contribution in [-0.2, 0) is 11.3 Å². The summed E-state index contributed by atoms with van der Waals surface area (Å²) in [5.41, 5.74) is 2.62. The summed E-state index contributed by atoms with van der Waals surface area (Å²) in [5, 5.41) is 8.37. The molecule has 0 saturated heterocycles. The van der Waals surface area contributed by atoms with Gasteiger partial charge in [-0.3, -0.25) is 14.4 Å². The lowest BCUT2D eigenvalue weighted by atomic mass is 10.1. The molecule has 4 rings (SSSR count). The molecule has 31 heavy (non-hydrogen) atoms. The van der Waals surface area contributed by atoms with Gasteiger partial charge in [-0.05, 0) is 23.6 Å². The van der Waals surface area contributed by atoms with Gasteiger partial charge in [0.05, 0.1) is 16.8 Å². The summed E-state index contributed by atoms with van der Waals surface area (Å²) in [4.78, 5) is 47.9. The molecule has 0 saturated carbocycles. The third-order valence-corrected chi connectivity index (χ3v) is 4.72. The van der Waals surface area contributed by atoms with E-state index in [0.717, 1.165) is 5.56 Å². The van der Waals surface area contributed by atoms with Crippen molar-refractivity contribution in [2.75, 3.05) is 18.5 Å². The molecule has 3 heterocycles. The SMILES string of the molecule is CC(C)CNC(=O)c1c[nH]c2c(C(=O)NCc3ccc4c(c3)NC(=O)CO4)ncnc12. The maximum Gasteiger partial charge on any atom is 0.272 e.